The van der Waals surface area contributed by atoms with Crippen LogP contribution in [-0.2, 0) is 11.3 Å². The van der Waals surface area contributed by atoms with Crippen molar-refractivity contribution in [3.05, 3.63) is 54.0 Å². The molecular weight excluding hydrogens is 373 g/mol. The van der Waals surface area contributed by atoms with Crippen LogP contribution in [0, 0.1) is 12.8 Å². The first-order chi connectivity index (χ1) is 13.3. The molecule has 0 bridgehead atoms. The highest BCUT2D eigenvalue weighted by molar-refractivity contribution is 5.73. The van der Waals surface area contributed by atoms with Crippen molar-refractivity contribution in [3.63, 3.8) is 0 Å². The Hall–Kier alpha value is -2.68. The van der Waals surface area contributed by atoms with Gasteiger partial charge in [0.1, 0.15) is 5.82 Å². The number of carboxylic acids is 1. The summed E-state index contributed by atoms with van der Waals surface area (Å²) in [5.74, 6) is -1.15. The number of alkyl halides is 3. The second-order valence-corrected chi connectivity index (χ2v) is 6.55. The van der Waals surface area contributed by atoms with Gasteiger partial charge in [0, 0.05) is 32.0 Å². The molecule has 9 heteroatoms. The molecule has 1 aliphatic rings. The van der Waals surface area contributed by atoms with Crippen molar-refractivity contribution >= 4 is 11.8 Å². The van der Waals surface area contributed by atoms with E-state index in [2.05, 4.69) is 50.5 Å². The van der Waals surface area contributed by atoms with Gasteiger partial charge in [0.2, 0.25) is 0 Å². The molecule has 1 fully saturated rings. The molecule has 2 heterocycles. The van der Waals surface area contributed by atoms with Crippen molar-refractivity contribution in [1.82, 2.24) is 14.9 Å². The lowest BCUT2D eigenvalue weighted by Gasteiger charge is -2.16. The third-order valence-corrected chi connectivity index (χ3v) is 4.30. The summed E-state index contributed by atoms with van der Waals surface area (Å²) in [6.07, 6.45) is -0.359. The molecule has 6 nitrogen and oxygen atoms in total. The van der Waals surface area contributed by atoms with Crippen LogP contribution in [0.4, 0.5) is 19.0 Å². The Balaban J connectivity index is 0.000000345. The van der Waals surface area contributed by atoms with Crippen molar-refractivity contribution in [2.75, 3.05) is 25.0 Å². The topological polar surface area (TPSA) is 78.4 Å². The lowest BCUT2D eigenvalue weighted by Crippen LogP contribution is -2.23. The molecule has 1 aliphatic heterocycles. The molecule has 0 aliphatic carbocycles. The van der Waals surface area contributed by atoms with Crippen LogP contribution in [-0.4, -0.2) is 51.8 Å². The van der Waals surface area contributed by atoms with Crippen LogP contribution in [0.2, 0.25) is 0 Å². The lowest BCUT2D eigenvalue weighted by molar-refractivity contribution is -0.192. The summed E-state index contributed by atoms with van der Waals surface area (Å²) in [6, 6.07) is 10.7. The Morgan fingerprint density at radius 1 is 1.25 bits per heavy atom. The van der Waals surface area contributed by atoms with Crippen molar-refractivity contribution in [1.29, 1.82) is 0 Å². The van der Waals surface area contributed by atoms with E-state index in [4.69, 9.17) is 9.90 Å². The van der Waals surface area contributed by atoms with Gasteiger partial charge < -0.3 is 10.4 Å². The van der Waals surface area contributed by atoms with Crippen LogP contribution >= 0.6 is 0 Å². The minimum absolute atomic E-state index is 0.690. The zero-order valence-electron chi connectivity index (χ0n) is 15.5. The molecule has 152 valence electrons. The maximum atomic E-state index is 10.6. The van der Waals surface area contributed by atoms with Gasteiger partial charge in [-0.1, -0.05) is 30.3 Å². The fourth-order valence-corrected chi connectivity index (χ4v) is 2.89. The molecular formula is C19H23F3N4O2. The molecule has 1 aromatic carbocycles. The number of benzene rings is 1. The quantitative estimate of drug-likeness (QED) is 0.807. The van der Waals surface area contributed by atoms with Gasteiger partial charge >= 0.3 is 12.1 Å². The largest absolute Gasteiger partial charge is 0.490 e. The molecule has 1 saturated heterocycles. The molecule has 0 amide bonds. The van der Waals surface area contributed by atoms with Crippen molar-refractivity contribution in [2.24, 2.45) is 5.92 Å². The number of nitrogens with zero attached hydrogens (tertiary/aromatic N) is 3. The summed E-state index contributed by atoms with van der Waals surface area (Å²) in [5, 5.41) is 10.6. The van der Waals surface area contributed by atoms with Gasteiger partial charge in [0.15, 0.2) is 0 Å². The summed E-state index contributed by atoms with van der Waals surface area (Å²) in [6.45, 7) is 6.36. The van der Waals surface area contributed by atoms with Crippen molar-refractivity contribution in [3.8, 4) is 0 Å². The Kier molecular flexibility index (Phi) is 7.74. The predicted octanol–water partition coefficient (Wildman–Crippen LogP) is 3.35. The Labute approximate surface area is 161 Å². The molecule has 2 N–H and O–H groups in total. The molecule has 2 aromatic rings. The second-order valence-electron chi connectivity index (χ2n) is 6.55. The standard InChI is InChI=1S/C17H22N4.C2HF3O2/c1-14-17(19-9-8-18-14)20-11-16-7-10-21(13-16)12-15-5-3-2-4-6-15;3-2(4,5)1(6)7/h2-6,8-9,16H,7,10-13H2,1H3,(H,19,20);(H,6,7). The SMILES string of the molecule is Cc1nccnc1NCC1CCN(Cc2ccccc2)C1.O=C(O)C(F)(F)F. The summed E-state index contributed by atoms with van der Waals surface area (Å²) < 4.78 is 31.7. The fourth-order valence-electron chi connectivity index (χ4n) is 2.89. The summed E-state index contributed by atoms with van der Waals surface area (Å²) in [4.78, 5) is 20.0. The van der Waals surface area contributed by atoms with E-state index in [1.807, 2.05) is 6.92 Å². The third-order valence-electron chi connectivity index (χ3n) is 4.30. The third kappa shape index (κ3) is 7.15. The summed E-state index contributed by atoms with van der Waals surface area (Å²) in [5.41, 5.74) is 2.37. The average Bonchev–Trinajstić information content (AvgIpc) is 3.09. The monoisotopic (exact) mass is 396 g/mol. The van der Waals surface area contributed by atoms with Gasteiger partial charge in [-0.05, 0) is 31.4 Å². The highest BCUT2D eigenvalue weighted by Crippen LogP contribution is 2.19. The number of aliphatic carboxylic acids is 1. The molecule has 0 saturated carbocycles. The highest BCUT2D eigenvalue weighted by Gasteiger charge is 2.38. The zero-order valence-corrected chi connectivity index (χ0v) is 15.5. The number of rotatable bonds is 5. The average molecular weight is 396 g/mol. The number of nitrogens with one attached hydrogen (secondary N) is 1. The number of aromatic nitrogens is 2. The van der Waals surface area contributed by atoms with E-state index in [-0.39, 0.29) is 0 Å². The number of hydrogen-bond donors (Lipinski definition) is 2. The normalized spacial score (nSPS) is 16.9. The van der Waals surface area contributed by atoms with Gasteiger partial charge in [0.05, 0.1) is 5.69 Å². The molecule has 28 heavy (non-hydrogen) atoms. The van der Waals surface area contributed by atoms with E-state index < -0.39 is 12.1 Å². The maximum absolute atomic E-state index is 10.6. The van der Waals surface area contributed by atoms with E-state index in [0.29, 0.717) is 5.92 Å². The van der Waals surface area contributed by atoms with Gasteiger partial charge in [-0.25, -0.2) is 9.78 Å². The summed E-state index contributed by atoms with van der Waals surface area (Å²) >= 11 is 0. The van der Waals surface area contributed by atoms with Crippen LogP contribution in [0.5, 0.6) is 0 Å². The predicted molar refractivity (Wildman–Crippen MR) is 98.8 cm³/mol. The first kappa shape index (κ1) is 21.6. The van der Waals surface area contributed by atoms with E-state index >= 15 is 0 Å². The zero-order chi connectivity index (χ0) is 20.6. The number of hydrogen-bond acceptors (Lipinski definition) is 5. The van der Waals surface area contributed by atoms with E-state index in [1.165, 1.54) is 18.5 Å². The van der Waals surface area contributed by atoms with Crippen LogP contribution in [0.1, 0.15) is 17.7 Å². The Bertz CT molecular complexity index is 756. The van der Waals surface area contributed by atoms with Crippen LogP contribution in [0.15, 0.2) is 42.7 Å². The number of carboxylic acid groups (broad SMARTS) is 1. The van der Waals surface area contributed by atoms with Gasteiger partial charge in [0.25, 0.3) is 0 Å². The van der Waals surface area contributed by atoms with Crippen LogP contribution in [0.25, 0.3) is 0 Å². The van der Waals surface area contributed by atoms with Gasteiger partial charge in [-0.15, -0.1) is 0 Å². The molecule has 0 spiro atoms. The number of aryl methyl sites for hydroxylation is 1. The molecule has 3 rings (SSSR count). The van der Waals surface area contributed by atoms with Crippen LogP contribution < -0.4 is 5.32 Å². The van der Waals surface area contributed by atoms with E-state index in [1.54, 1.807) is 12.4 Å². The first-order valence-electron chi connectivity index (χ1n) is 8.83. The smallest absolute Gasteiger partial charge is 0.475 e. The molecule has 1 aromatic heterocycles. The van der Waals surface area contributed by atoms with E-state index in [9.17, 15) is 13.2 Å². The minimum Gasteiger partial charge on any atom is -0.475 e. The van der Waals surface area contributed by atoms with Gasteiger partial charge in [-0.2, -0.15) is 13.2 Å². The molecule has 0 radical (unpaired) electrons. The summed E-state index contributed by atoms with van der Waals surface area (Å²) in [7, 11) is 0. The number of likely N-dealkylation sites (tertiary alicyclic amines) is 1. The highest BCUT2D eigenvalue weighted by atomic mass is 19.4. The minimum atomic E-state index is -5.08. The second kappa shape index (κ2) is 10.0. The van der Waals surface area contributed by atoms with E-state index in [0.717, 1.165) is 31.1 Å². The van der Waals surface area contributed by atoms with Crippen molar-refractivity contribution in [2.45, 2.75) is 26.1 Å². The van der Waals surface area contributed by atoms with Gasteiger partial charge in [-0.3, -0.25) is 9.88 Å². The molecule has 1 atom stereocenters. The Morgan fingerprint density at radius 3 is 2.50 bits per heavy atom. The maximum Gasteiger partial charge on any atom is 0.490 e. The first-order valence-corrected chi connectivity index (χ1v) is 8.83. The lowest BCUT2D eigenvalue weighted by atomic mass is 10.1. The number of anilines is 1. The Morgan fingerprint density at radius 2 is 1.89 bits per heavy atom. The molecule has 1 unspecified atom stereocenters. The van der Waals surface area contributed by atoms with Crippen molar-refractivity contribution < 1.29 is 23.1 Å². The number of carbonyl (C=O) groups is 1. The van der Waals surface area contributed by atoms with Crippen LogP contribution in [0.3, 0.4) is 0 Å². The fraction of sp³-hybridized carbons (Fsp3) is 0.421. The number of halogens is 3.